The summed E-state index contributed by atoms with van der Waals surface area (Å²) in [5.41, 5.74) is 0. The minimum Gasteiger partial charge on any atom is -0.0600 e. The van der Waals surface area contributed by atoms with Crippen molar-refractivity contribution in [3.63, 3.8) is 0 Å². The van der Waals surface area contributed by atoms with Crippen molar-refractivity contribution < 1.29 is 0 Å². The molecule has 0 aliphatic heterocycles. The van der Waals surface area contributed by atoms with Crippen molar-refractivity contribution in [1.82, 2.24) is 0 Å². The van der Waals surface area contributed by atoms with Gasteiger partial charge in [0, 0.05) is 9.37 Å². The first kappa shape index (κ1) is 7.63. The van der Waals surface area contributed by atoms with Crippen LogP contribution in [0.15, 0.2) is 33.6 Å². The fourth-order valence-corrected chi connectivity index (χ4v) is 1.97. The molecule has 0 aromatic heterocycles. The van der Waals surface area contributed by atoms with E-state index in [0.717, 1.165) is 4.47 Å². The van der Waals surface area contributed by atoms with Crippen molar-refractivity contribution in [3.8, 4) is 0 Å². The molecule has 0 bridgehead atoms. The summed E-state index contributed by atoms with van der Waals surface area (Å²) in [6.07, 6.45) is 0. The van der Waals surface area contributed by atoms with Crippen LogP contribution in [0.4, 0.5) is 0 Å². The maximum atomic E-state index is 3.37. The molecule has 0 saturated carbocycles. The van der Waals surface area contributed by atoms with Crippen LogP contribution in [-0.2, 0) is 0 Å². The molecule has 0 aliphatic rings. The summed E-state index contributed by atoms with van der Waals surface area (Å²) in [5.74, 6) is 0. The average Bonchev–Trinajstić information content (AvgIpc) is 1.88. The molecule has 0 fully saturated rings. The van der Waals surface area contributed by atoms with Gasteiger partial charge in [-0.15, -0.1) is 0 Å². The third-order valence-corrected chi connectivity index (χ3v) is 2.93. The predicted octanol–water partition coefficient (Wildman–Crippen LogP) is 3.85. The largest absolute Gasteiger partial charge is 0.0600 e. The van der Waals surface area contributed by atoms with Crippen LogP contribution in [0.2, 0.25) is 0 Å². The van der Waals surface area contributed by atoms with Crippen LogP contribution in [0.1, 0.15) is 0 Å². The van der Waals surface area contributed by atoms with Crippen LogP contribution in [0, 0.1) is 0 Å². The molecule has 0 spiro atoms. The van der Waals surface area contributed by atoms with E-state index < -0.39 is 0 Å². The lowest BCUT2D eigenvalue weighted by Crippen LogP contribution is -1.64. The molecule has 3 heteroatoms. The molecule has 1 aromatic rings. The maximum Gasteiger partial charge on any atom is 0.0199 e. The molecule has 1 rings (SSSR count). The van der Waals surface area contributed by atoms with Gasteiger partial charge >= 0.3 is 0 Å². The van der Waals surface area contributed by atoms with Gasteiger partial charge in [-0.3, -0.25) is 0 Å². The van der Waals surface area contributed by atoms with E-state index in [1.54, 1.807) is 10.2 Å². The van der Waals surface area contributed by atoms with E-state index in [1.165, 1.54) is 4.90 Å². The first-order valence-corrected chi connectivity index (χ1v) is 5.82. The molecule has 0 aliphatic carbocycles. The number of benzene rings is 1. The Bertz CT molecular complexity index is 200. The highest BCUT2D eigenvalue weighted by Crippen LogP contribution is 2.26. The van der Waals surface area contributed by atoms with Crippen molar-refractivity contribution in [2.75, 3.05) is 0 Å². The van der Waals surface area contributed by atoms with Crippen LogP contribution in [0.25, 0.3) is 0 Å². The lowest BCUT2D eigenvalue weighted by molar-refractivity contribution is 1.45. The van der Waals surface area contributed by atoms with Crippen molar-refractivity contribution in [2.45, 2.75) is 4.90 Å². The van der Waals surface area contributed by atoms with Crippen LogP contribution in [0.3, 0.4) is 0 Å². The van der Waals surface area contributed by atoms with Crippen LogP contribution < -0.4 is 0 Å². The highest BCUT2D eigenvalue weighted by molar-refractivity contribution is 9.50. The second-order valence-electron chi connectivity index (χ2n) is 1.53. The van der Waals surface area contributed by atoms with E-state index in [1.807, 2.05) is 18.2 Å². The van der Waals surface area contributed by atoms with Gasteiger partial charge in [-0.05, 0) is 43.2 Å². The minimum atomic E-state index is 1.12. The van der Waals surface area contributed by atoms with Gasteiger partial charge in [0.2, 0.25) is 0 Å². The Labute approximate surface area is 74.4 Å². The van der Waals surface area contributed by atoms with Gasteiger partial charge in [0.25, 0.3) is 0 Å². The Morgan fingerprint density at radius 2 is 2.11 bits per heavy atom. The summed E-state index contributed by atoms with van der Waals surface area (Å²) in [7, 11) is 1.57. The molecular weight excluding hydrogens is 264 g/mol. The zero-order valence-corrected chi connectivity index (χ0v) is 8.46. The zero-order chi connectivity index (χ0) is 6.69. The molecule has 48 valence electrons. The van der Waals surface area contributed by atoms with Gasteiger partial charge in [-0.25, -0.2) is 0 Å². The highest BCUT2D eigenvalue weighted by Gasteiger charge is 1.89. The van der Waals surface area contributed by atoms with Gasteiger partial charge in [0.15, 0.2) is 0 Å². The molecule has 0 amide bonds. The van der Waals surface area contributed by atoms with E-state index in [2.05, 4.69) is 36.8 Å². The zero-order valence-electron chi connectivity index (χ0n) is 4.47. The summed E-state index contributed by atoms with van der Waals surface area (Å²) in [4.78, 5) is 1.21. The van der Waals surface area contributed by atoms with E-state index in [0.29, 0.717) is 0 Å². The Morgan fingerprint density at radius 3 is 2.56 bits per heavy atom. The lowest BCUT2D eigenvalue weighted by Gasteiger charge is -1.92. The summed E-state index contributed by atoms with van der Waals surface area (Å²) < 4.78 is 1.12. The predicted molar refractivity (Wildman–Crippen MR) is 48.9 cm³/mol. The van der Waals surface area contributed by atoms with E-state index in [-0.39, 0.29) is 0 Å². The quantitative estimate of drug-likeness (QED) is 0.745. The Morgan fingerprint density at radius 1 is 1.33 bits per heavy atom. The van der Waals surface area contributed by atoms with Crippen LogP contribution >= 0.6 is 40.9 Å². The number of hydrogen-bond donors (Lipinski definition) is 0. The average molecular weight is 268 g/mol. The van der Waals surface area contributed by atoms with E-state index >= 15 is 0 Å². The molecule has 0 radical (unpaired) electrons. The molecule has 0 unspecified atom stereocenters. The molecule has 0 saturated heterocycles. The first-order chi connectivity index (χ1) is 4.33. The maximum absolute atomic E-state index is 3.37. The summed E-state index contributed by atoms with van der Waals surface area (Å²) in [6.45, 7) is 0. The third kappa shape index (κ3) is 2.32. The SMILES string of the molecule is BrSc1cccc(Br)c1. The number of hydrogen-bond acceptors (Lipinski definition) is 1. The molecule has 1 aromatic carbocycles. The van der Waals surface area contributed by atoms with Crippen molar-refractivity contribution in [2.24, 2.45) is 0 Å². The summed E-state index contributed by atoms with van der Waals surface area (Å²) in [6, 6.07) is 8.12. The van der Waals surface area contributed by atoms with Crippen molar-refractivity contribution in [3.05, 3.63) is 28.7 Å². The summed E-state index contributed by atoms with van der Waals surface area (Å²) >= 11 is 6.66. The van der Waals surface area contributed by atoms with Gasteiger partial charge < -0.3 is 0 Å². The van der Waals surface area contributed by atoms with E-state index in [9.17, 15) is 0 Å². The Hall–Kier alpha value is 0.530. The fourth-order valence-electron chi connectivity index (χ4n) is 0.515. The Balaban J connectivity index is 2.94. The van der Waals surface area contributed by atoms with Crippen LogP contribution in [0.5, 0.6) is 0 Å². The van der Waals surface area contributed by atoms with Crippen LogP contribution in [-0.4, -0.2) is 0 Å². The molecule has 9 heavy (non-hydrogen) atoms. The molecule has 0 atom stereocenters. The highest BCUT2D eigenvalue weighted by atomic mass is 79.9. The monoisotopic (exact) mass is 266 g/mol. The molecular formula is C6H4Br2S. The number of rotatable bonds is 1. The fraction of sp³-hybridized carbons (Fsp3) is 0. The second kappa shape index (κ2) is 3.64. The van der Waals surface area contributed by atoms with Gasteiger partial charge in [0.1, 0.15) is 0 Å². The standard InChI is InChI=1S/C6H4Br2S/c7-5-2-1-3-6(4-5)9-8/h1-4H. The van der Waals surface area contributed by atoms with Crippen molar-refractivity contribution in [1.29, 1.82) is 0 Å². The lowest BCUT2D eigenvalue weighted by atomic mass is 10.4. The molecule has 0 N–H and O–H groups in total. The molecule has 0 nitrogen and oxygen atoms in total. The van der Waals surface area contributed by atoms with Crippen molar-refractivity contribution >= 4 is 40.9 Å². The summed E-state index contributed by atoms with van der Waals surface area (Å²) in [5, 5.41) is 0. The second-order valence-corrected chi connectivity index (χ2v) is 4.05. The van der Waals surface area contributed by atoms with E-state index in [4.69, 9.17) is 0 Å². The normalized spacial score (nSPS) is 9.56. The third-order valence-electron chi connectivity index (χ3n) is 0.885. The molecule has 0 heterocycles. The topological polar surface area (TPSA) is 0 Å². The Kier molecular flexibility index (Phi) is 3.09. The number of halogens is 2. The van der Waals surface area contributed by atoms with Gasteiger partial charge in [-0.1, -0.05) is 22.0 Å². The first-order valence-electron chi connectivity index (χ1n) is 2.37. The van der Waals surface area contributed by atoms with Gasteiger partial charge in [0.05, 0.1) is 0 Å². The smallest absolute Gasteiger partial charge is 0.0199 e. The minimum absolute atomic E-state index is 1.12. The van der Waals surface area contributed by atoms with Gasteiger partial charge in [-0.2, -0.15) is 0 Å².